The second-order valence-electron chi connectivity index (χ2n) is 6.79. The molecule has 0 aliphatic carbocycles. The molecule has 0 fully saturated rings. The van der Waals surface area contributed by atoms with Gasteiger partial charge in [0.05, 0.1) is 42.2 Å². The molecule has 0 aliphatic heterocycles. The van der Waals surface area contributed by atoms with Crippen molar-refractivity contribution in [2.24, 2.45) is 0 Å². The van der Waals surface area contributed by atoms with Crippen LogP contribution in [0.3, 0.4) is 0 Å². The lowest BCUT2D eigenvalue weighted by atomic mass is 10.0. The molecule has 0 radical (unpaired) electrons. The third-order valence-corrected chi connectivity index (χ3v) is 5.40. The highest BCUT2D eigenvalue weighted by Gasteiger charge is 2.36. The molecule has 2 aromatic heterocycles. The molecule has 31 heavy (non-hydrogen) atoms. The summed E-state index contributed by atoms with van der Waals surface area (Å²) in [5.41, 5.74) is 0.802. The Balaban J connectivity index is 2.02. The molecule has 9 heteroatoms. The molecule has 160 valence electrons. The van der Waals surface area contributed by atoms with Crippen LogP contribution in [0.1, 0.15) is 11.3 Å². The van der Waals surface area contributed by atoms with Gasteiger partial charge in [0, 0.05) is 10.0 Å². The Morgan fingerprint density at radius 1 is 0.935 bits per heavy atom. The van der Waals surface area contributed by atoms with Crippen LogP contribution in [0.15, 0.2) is 53.0 Å². The molecule has 4 aromatic rings. The number of hydrogen-bond acceptors (Lipinski definition) is 4. The average Bonchev–Trinajstić information content (AvgIpc) is 3.08. The Morgan fingerprint density at radius 2 is 1.61 bits per heavy atom. The molecule has 0 saturated heterocycles. The van der Waals surface area contributed by atoms with Crippen molar-refractivity contribution in [2.45, 2.75) is 13.1 Å². The van der Waals surface area contributed by atoms with Crippen molar-refractivity contribution in [3.63, 3.8) is 0 Å². The molecular weight excluding hydrogens is 475 g/mol. The molecule has 2 heterocycles. The summed E-state index contributed by atoms with van der Waals surface area (Å²) in [6, 6.07) is 13.0. The number of halogens is 4. The van der Waals surface area contributed by atoms with Gasteiger partial charge in [-0.05, 0) is 55.5 Å². The van der Waals surface area contributed by atoms with E-state index in [-0.39, 0.29) is 22.4 Å². The van der Waals surface area contributed by atoms with Gasteiger partial charge >= 0.3 is 6.18 Å². The summed E-state index contributed by atoms with van der Waals surface area (Å²) in [5.74, 6) is 0.868. The fourth-order valence-electron chi connectivity index (χ4n) is 3.42. The van der Waals surface area contributed by atoms with Crippen LogP contribution >= 0.6 is 15.9 Å². The number of nitrogens with zero attached hydrogens (tertiary/aromatic N) is 3. The van der Waals surface area contributed by atoms with E-state index >= 15 is 0 Å². The fourth-order valence-corrected chi connectivity index (χ4v) is 3.68. The van der Waals surface area contributed by atoms with Crippen molar-refractivity contribution in [1.82, 2.24) is 14.8 Å². The summed E-state index contributed by atoms with van der Waals surface area (Å²) in [5, 5.41) is 4.33. The number of methoxy groups -OCH3 is 2. The van der Waals surface area contributed by atoms with Gasteiger partial charge in [0.15, 0.2) is 17.1 Å². The molecule has 2 aromatic carbocycles. The summed E-state index contributed by atoms with van der Waals surface area (Å²) in [6.45, 7) is 1.55. The number of ether oxygens (including phenoxy) is 2. The maximum atomic E-state index is 14.0. The Morgan fingerprint density at radius 3 is 2.23 bits per heavy atom. The third-order valence-electron chi connectivity index (χ3n) is 4.87. The van der Waals surface area contributed by atoms with Crippen molar-refractivity contribution in [3.05, 3.63) is 64.3 Å². The predicted molar refractivity (Wildman–Crippen MR) is 115 cm³/mol. The molecule has 4 rings (SSSR count). The van der Waals surface area contributed by atoms with E-state index < -0.39 is 11.7 Å². The van der Waals surface area contributed by atoms with Gasteiger partial charge in [-0.15, -0.1) is 0 Å². The van der Waals surface area contributed by atoms with Gasteiger partial charge in [0.25, 0.3) is 0 Å². The van der Waals surface area contributed by atoms with Gasteiger partial charge < -0.3 is 9.47 Å². The zero-order valence-electron chi connectivity index (χ0n) is 16.8. The smallest absolute Gasteiger partial charge is 0.417 e. The van der Waals surface area contributed by atoms with E-state index in [4.69, 9.17) is 9.47 Å². The van der Waals surface area contributed by atoms with Crippen molar-refractivity contribution in [2.75, 3.05) is 14.2 Å². The number of aryl methyl sites for hydroxylation is 1. The molecule has 0 N–H and O–H groups in total. The first-order valence-electron chi connectivity index (χ1n) is 9.19. The first kappa shape index (κ1) is 21.2. The molecule has 0 aliphatic rings. The fraction of sp³-hybridized carbons (Fsp3) is 0.182. The van der Waals surface area contributed by atoms with Gasteiger partial charge in [0.2, 0.25) is 0 Å². The Kier molecular flexibility index (Phi) is 5.38. The van der Waals surface area contributed by atoms with Crippen LogP contribution in [0.2, 0.25) is 0 Å². The lowest BCUT2D eigenvalue weighted by Gasteiger charge is -2.13. The first-order chi connectivity index (χ1) is 14.7. The quantitative estimate of drug-likeness (QED) is 0.341. The number of aromatic nitrogens is 3. The number of hydrogen-bond donors (Lipinski definition) is 0. The summed E-state index contributed by atoms with van der Waals surface area (Å²) in [4.78, 5) is 4.56. The van der Waals surface area contributed by atoms with E-state index in [0.717, 1.165) is 10.5 Å². The van der Waals surface area contributed by atoms with Crippen LogP contribution in [-0.4, -0.2) is 29.0 Å². The number of benzene rings is 2. The lowest BCUT2D eigenvalue weighted by molar-refractivity contribution is -0.136. The largest absolute Gasteiger partial charge is 0.493 e. The highest BCUT2D eigenvalue weighted by molar-refractivity contribution is 9.10. The lowest BCUT2D eigenvalue weighted by Crippen LogP contribution is -2.08. The first-order valence-corrected chi connectivity index (χ1v) is 9.98. The number of rotatable bonds is 4. The summed E-state index contributed by atoms with van der Waals surface area (Å²) in [6.07, 6.45) is -4.58. The van der Waals surface area contributed by atoms with Crippen molar-refractivity contribution in [1.29, 1.82) is 0 Å². The second-order valence-corrected chi connectivity index (χ2v) is 7.71. The average molecular weight is 492 g/mol. The van der Waals surface area contributed by atoms with E-state index in [9.17, 15) is 13.2 Å². The van der Waals surface area contributed by atoms with E-state index in [1.54, 1.807) is 49.4 Å². The highest BCUT2D eigenvalue weighted by Crippen LogP contribution is 2.40. The number of fused-ring (bicyclic) bond motifs is 1. The van der Waals surface area contributed by atoms with E-state index in [1.807, 2.05) is 0 Å². The topological polar surface area (TPSA) is 49.2 Å². The maximum Gasteiger partial charge on any atom is 0.417 e. The second kappa shape index (κ2) is 7.88. The zero-order chi connectivity index (χ0) is 22.3. The molecule has 0 bridgehead atoms. The molecule has 0 atom stereocenters. The molecule has 0 amide bonds. The van der Waals surface area contributed by atoms with Gasteiger partial charge in [-0.1, -0.05) is 15.9 Å². The summed E-state index contributed by atoms with van der Waals surface area (Å²) in [7, 11) is 2.95. The standard InChI is InChI=1S/C22H17BrF3N3O2/c1-12-20-16(22(24,25)26)11-17(13-4-9-18(30-2)19(10-13)31-3)27-21(20)29(28-12)15-7-5-14(23)6-8-15/h4-11H,1-3H3. The monoisotopic (exact) mass is 491 g/mol. The Bertz CT molecular complexity index is 1270. The SMILES string of the molecule is COc1ccc(-c2cc(C(F)(F)F)c3c(C)nn(-c4ccc(Br)cc4)c3n2)cc1OC. The van der Waals surface area contributed by atoms with Crippen LogP contribution in [0.5, 0.6) is 11.5 Å². The molecule has 0 saturated carbocycles. The van der Waals surface area contributed by atoms with Gasteiger partial charge in [-0.3, -0.25) is 0 Å². The van der Waals surface area contributed by atoms with Crippen LogP contribution in [0.4, 0.5) is 13.2 Å². The molecule has 0 unspecified atom stereocenters. The predicted octanol–water partition coefficient (Wildman–Crippen LogP) is 6.19. The molecule has 0 spiro atoms. The normalized spacial score (nSPS) is 11.7. The molecule has 5 nitrogen and oxygen atoms in total. The van der Waals surface area contributed by atoms with Crippen LogP contribution < -0.4 is 9.47 Å². The van der Waals surface area contributed by atoms with Crippen molar-refractivity contribution < 1.29 is 22.6 Å². The van der Waals surface area contributed by atoms with E-state index in [2.05, 4.69) is 26.0 Å². The highest BCUT2D eigenvalue weighted by atomic mass is 79.9. The third kappa shape index (κ3) is 3.85. The summed E-state index contributed by atoms with van der Waals surface area (Å²) < 4.78 is 54.8. The minimum atomic E-state index is -4.58. The summed E-state index contributed by atoms with van der Waals surface area (Å²) >= 11 is 3.36. The van der Waals surface area contributed by atoms with Crippen LogP contribution in [-0.2, 0) is 6.18 Å². The van der Waals surface area contributed by atoms with E-state index in [0.29, 0.717) is 22.7 Å². The van der Waals surface area contributed by atoms with Crippen LogP contribution in [0.25, 0.3) is 28.0 Å². The van der Waals surface area contributed by atoms with Crippen molar-refractivity contribution >= 4 is 27.0 Å². The van der Waals surface area contributed by atoms with Crippen LogP contribution in [0, 0.1) is 6.92 Å². The van der Waals surface area contributed by atoms with E-state index in [1.165, 1.54) is 18.9 Å². The van der Waals surface area contributed by atoms with Gasteiger partial charge in [-0.2, -0.15) is 18.3 Å². The minimum absolute atomic E-state index is 0.0281. The van der Waals surface area contributed by atoms with Gasteiger partial charge in [-0.25, -0.2) is 9.67 Å². The Hall–Kier alpha value is -3.07. The Labute approximate surface area is 184 Å². The van der Waals surface area contributed by atoms with Gasteiger partial charge in [0.1, 0.15) is 0 Å². The van der Waals surface area contributed by atoms with Crippen molar-refractivity contribution in [3.8, 4) is 28.4 Å². The molecular formula is C22H17BrF3N3O2. The zero-order valence-corrected chi connectivity index (χ0v) is 18.4. The maximum absolute atomic E-state index is 14.0. The number of pyridine rings is 1. The minimum Gasteiger partial charge on any atom is -0.493 e. The number of alkyl halides is 3.